The largest absolute Gasteiger partial charge is 0.317 e. The van der Waals surface area contributed by atoms with Gasteiger partial charge in [-0.2, -0.15) is 0 Å². The van der Waals surface area contributed by atoms with Crippen LogP contribution in [0.4, 0.5) is 0 Å². The highest BCUT2D eigenvalue weighted by molar-refractivity contribution is 5.75. The maximum Gasteiger partial charge on any atom is 0.129 e. The molecule has 0 saturated heterocycles. The molecule has 0 aliphatic heterocycles. The van der Waals surface area contributed by atoms with Gasteiger partial charge in [-0.3, -0.25) is 0 Å². The number of nitrogens with one attached hydrogen (secondary N) is 1. The van der Waals surface area contributed by atoms with Crippen molar-refractivity contribution < 1.29 is 4.79 Å². The van der Waals surface area contributed by atoms with Crippen molar-refractivity contribution in [1.82, 2.24) is 5.32 Å². The predicted molar refractivity (Wildman–Crippen MR) is 75.0 cm³/mol. The first kappa shape index (κ1) is 21.0. The minimum Gasteiger partial charge on any atom is -0.317 e. The summed E-state index contributed by atoms with van der Waals surface area (Å²) in [6.07, 6.45) is 5.43. The van der Waals surface area contributed by atoms with Gasteiger partial charge in [-0.05, 0) is 32.9 Å². The SMILES string of the molecule is CC.CCC.CCNCCCCCC(C)=O. The molecular formula is C14H33NO. The monoisotopic (exact) mass is 231 g/mol. The van der Waals surface area contributed by atoms with Crippen molar-refractivity contribution in [2.75, 3.05) is 13.1 Å². The Morgan fingerprint density at radius 1 is 1.00 bits per heavy atom. The number of rotatable bonds is 7. The average Bonchev–Trinajstić information content (AvgIpc) is 2.27. The zero-order chi connectivity index (χ0) is 13.2. The fourth-order valence-corrected chi connectivity index (χ4v) is 0.977. The summed E-state index contributed by atoms with van der Waals surface area (Å²) in [7, 11) is 0. The molecular weight excluding hydrogens is 198 g/mol. The highest BCUT2D eigenvalue weighted by Crippen LogP contribution is 1.98. The van der Waals surface area contributed by atoms with Crippen LogP contribution in [0.2, 0.25) is 0 Å². The van der Waals surface area contributed by atoms with Crippen LogP contribution in [0.3, 0.4) is 0 Å². The molecule has 0 atom stereocenters. The Bertz CT molecular complexity index is 113. The molecule has 0 aromatic carbocycles. The van der Waals surface area contributed by atoms with Gasteiger partial charge in [0.2, 0.25) is 0 Å². The molecule has 1 N–H and O–H groups in total. The highest BCUT2D eigenvalue weighted by atomic mass is 16.1. The summed E-state index contributed by atoms with van der Waals surface area (Å²) < 4.78 is 0. The maximum absolute atomic E-state index is 10.5. The van der Waals surface area contributed by atoms with E-state index in [0.29, 0.717) is 5.78 Å². The predicted octanol–water partition coefficient (Wildman–Crippen LogP) is 4.19. The average molecular weight is 231 g/mol. The van der Waals surface area contributed by atoms with E-state index < -0.39 is 0 Å². The maximum atomic E-state index is 10.5. The zero-order valence-corrected chi connectivity index (χ0v) is 12.4. The van der Waals surface area contributed by atoms with Crippen molar-refractivity contribution in [3.8, 4) is 0 Å². The van der Waals surface area contributed by atoms with Crippen LogP contribution in [0.1, 0.15) is 73.6 Å². The summed E-state index contributed by atoms with van der Waals surface area (Å²) in [5.74, 6) is 0.313. The van der Waals surface area contributed by atoms with E-state index in [0.717, 1.165) is 25.9 Å². The van der Waals surface area contributed by atoms with Crippen LogP contribution in [0.5, 0.6) is 0 Å². The Morgan fingerprint density at radius 3 is 1.88 bits per heavy atom. The number of hydrogen-bond acceptors (Lipinski definition) is 2. The summed E-state index contributed by atoms with van der Waals surface area (Å²) in [4.78, 5) is 10.5. The van der Waals surface area contributed by atoms with Crippen LogP contribution in [-0.2, 0) is 4.79 Å². The van der Waals surface area contributed by atoms with Gasteiger partial charge in [0, 0.05) is 6.42 Å². The number of hydrogen-bond donors (Lipinski definition) is 1. The van der Waals surface area contributed by atoms with Crippen molar-refractivity contribution in [1.29, 1.82) is 0 Å². The van der Waals surface area contributed by atoms with Crippen LogP contribution in [0.25, 0.3) is 0 Å². The molecule has 0 amide bonds. The van der Waals surface area contributed by atoms with Gasteiger partial charge in [0.1, 0.15) is 5.78 Å². The molecule has 0 aromatic rings. The summed E-state index contributed by atoms with van der Waals surface area (Å²) in [6.45, 7) is 14.2. The lowest BCUT2D eigenvalue weighted by Crippen LogP contribution is -2.13. The van der Waals surface area contributed by atoms with Gasteiger partial charge >= 0.3 is 0 Å². The molecule has 0 radical (unpaired) electrons. The third kappa shape index (κ3) is 37.3. The summed E-state index contributed by atoms with van der Waals surface area (Å²) >= 11 is 0. The molecule has 0 aromatic heterocycles. The van der Waals surface area contributed by atoms with Crippen LogP contribution >= 0.6 is 0 Å². The van der Waals surface area contributed by atoms with Gasteiger partial charge < -0.3 is 10.1 Å². The van der Waals surface area contributed by atoms with Crippen molar-refractivity contribution in [2.24, 2.45) is 0 Å². The quantitative estimate of drug-likeness (QED) is 0.666. The number of carbonyl (C=O) groups excluding carboxylic acids is 1. The number of Topliss-reactive ketones (excluding diaryl/α,β-unsaturated/α-hetero) is 1. The van der Waals surface area contributed by atoms with Crippen molar-refractivity contribution in [3.63, 3.8) is 0 Å². The van der Waals surface area contributed by atoms with E-state index in [1.54, 1.807) is 6.92 Å². The third-order valence-corrected chi connectivity index (χ3v) is 1.63. The first-order valence-electron chi connectivity index (χ1n) is 6.89. The van der Waals surface area contributed by atoms with Gasteiger partial charge in [-0.15, -0.1) is 0 Å². The van der Waals surface area contributed by atoms with Crippen molar-refractivity contribution in [3.05, 3.63) is 0 Å². The number of carbonyl (C=O) groups is 1. The standard InChI is InChI=1S/C9H19NO.C3H8.C2H6/c1-3-10-8-6-4-5-7-9(2)11;1-3-2;1-2/h10H,3-8H2,1-2H3;3H2,1-2H3;1-2H3. The van der Waals surface area contributed by atoms with Gasteiger partial charge in [0.15, 0.2) is 0 Å². The molecule has 0 spiro atoms. The van der Waals surface area contributed by atoms with E-state index in [1.807, 2.05) is 13.8 Å². The minimum atomic E-state index is 0.313. The summed E-state index contributed by atoms with van der Waals surface area (Å²) in [6, 6.07) is 0. The first-order valence-corrected chi connectivity index (χ1v) is 6.89. The molecule has 100 valence electrons. The van der Waals surface area contributed by atoms with Gasteiger partial charge in [0.25, 0.3) is 0 Å². The Morgan fingerprint density at radius 2 is 1.50 bits per heavy atom. The minimum absolute atomic E-state index is 0.313. The molecule has 0 aliphatic carbocycles. The molecule has 0 bridgehead atoms. The number of unbranched alkanes of at least 4 members (excludes halogenated alkanes) is 2. The second-order valence-corrected chi connectivity index (χ2v) is 3.57. The molecule has 0 unspecified atom stereocenters. The molecule has 0 saturated carbocycles. The summed E-state index contributed by atoms with van der Waals surface area (Å²) in [5, 5.41) is 3.25. The summed E-state index contributed by atoms with van der Waals surface area (Å²) in [5.41, 5.74) is 0. The van der Waals surface area contributed by atoms with Gasteiger partial charge in [-0.25, -0.2) is 0 Å². The fraction of sp³-hybridized carbons (Fsp3) is 0.929. The Labute approximate surface area is 103 Å². The lowest BCUT2D eigenvalue weighted by molar-refractivity contribution is -0.117. The molecule has 0 rings (SSSR count). The molecule has 16 heavy (non-hydrogen) atoms. The van der Waals surface area contributed by atoms with Crippen LogP contribution < -0.4 is 5.32 Å². The third-order valence-electron chi connectivity index (χ3n) is 1.63. The normalized spacial score (nSPS) is 8.38. The second kappa shape index (κ2) is 24.1. The van der Waals surface area contributed by atoms with E-state index in [9.17, 15) is 4.79 Å². The fourth-order valence-electron chi connectivity index (χ4n) is 0.977. The van der Waals surface area contributed by atoms with E-state index in [2.05, 4.69) is 26.1 Å². The topological polar surface area (TPSA) is 29.1 Å². The van der Waals surface area contributed by atoms with E-state index in [-0.39, 0.29) is 0 Å². The van der Waals surface area contributed by atoms with Crippen molar-refractivity contribution in [2.45, 2.75) is 73.6 Å². The zero-order valence-electron chi connectivity index (χ0n) is 12.4. The molecule has 0 heterocycles. The van der Waals surface area contributed by atoms with E-state index in [4.69, 9.17) is 0 Å². The van der Waals surface area contributed by atoms with Crippen LogP contribution in [0.15, 0.2) is 0 Å². The lowest BCUT2D eigenvalue weighted by Gasteiger charge is -1.99. The second-order valence-electron chi connectivity index (χ2n) is 3.57. The van der Waals surface area contributed by atoms with Gasteiger partial charge in [-0.1, -0.05) is 47.5 Å². The van der Waals surface area contributed by atoms with Crippen molar-refractivity contribution >= 4 is 5.78 Å². The van der Waals surface area contributed by atoms with Crippen LogP contribution in [0, 0.1) is 0 Å². The lowest BCUT2D eigenvalue weighted by atomic mass is 10.1. The molecule has 0 aliphatic rings. The van der Waals surface area contributed by atoms with Gasteiger partial charge in [0.05, 0.1) is 0 Å². The highest BCUT2D eigenvalue weighted by Gasteiger charge is 1.92. The van der Waals surface area contributed by atoms with E-state index >= 15 is 0 Å². The van der Waals surface area contributed by atoms with Crippen LogP contribution in [-0.4, -0.2) is 18.9 Å². The Kier molecular flexibility index (Phi) is 31.5. The number of ketones is 1. The Balaban J connectivity index is -0.000000289. The molecule has 0 fully saturated rings. The van der Waals surface area contributed by atoms with E-state index in [1.165, 1.54) is 19.3 Å². The first-order chi connectivity index (χ1) is 7.68. The molecule has 2 nitrogen and oxygen atoms in total. The Hall–Kier alpha value is -0.370. The molecule has 2 heteroatoms. The smallest absolute Gasteiger partial charge is 0.129 e.